The lowest BCUT2D eigenvalue weighted by molar-refractivity contribution is 0.561. The van der Waals surface area contributed by atoms with Crippen LogP contribution in [0.2, 0.25) is 0 Å². The van der Waals surface area contributed by atoms with Gasteiger partial charge in [0.25, 0.3) is 0 Å². The Labute approximate surface area is 74.4 Å². The van der Waals surface area contributed by atoms with Crippen LogP contribution in [0.5, 0.6) is 0 Å². The Morgan fingerprint density at radius 3 is 3.25 bits per heavy atom. The van der Waals surface area contributed by atoms with Crippen LogP contribution in [0.15, 0.2) is 24.3 Å². The van der Waals surface area contributed by atoms with Crippen LogP contribution in [0, 0.1) is 17.2 Å². The van der Waals surface area contributed by atoms with Crippen LogP contribution in [0.1, 0.15) is 32.1 Å². The Morgan fingerprint density at radius 2 is 2.58 bits per heavy atom. The molecule has 0 amide bonds. The van der Waals surface area contributed by atoms with Crippen LogP contribution < -0.4 is 0 Å². The van der Waals surface area contributed by atoms with E-state index in [1.54, 1.807) is 0 Å². The van der Waals surface area contributed by atoms with Gasteiger partial charge in [0.05, 0.1) is 12.0 Å². The molecular formula is C11H15N. The maximum Gasteiger partial charge on any atom is 0.0659 e. The molecule has 0 heterocycles. The fourth-order valence-electron chi connectivity index (χ4n) is 1.59. The fourth-order valence-corrected chi connectivity index (χ4v) is 1.59. The highest BCUT2D eigenvalue weighted by Gasteiger charge is 2.13. The minimum atomic E-state index is 0.273. The van der Waals surface area contributed by atoms with Crippen LogP contribution >= 0.6 is 0 Å². The van der Waals surface area contributed by atoms with Gasteiger partial charge < -0.3 is 0 Å². The minimum absolute atomic E-state index is 0.273. The topological polar surface area (TPSA) is 23.8 Å². The molecule has 0 bridgehead atoms. The van der Waals surface area contributed by atoms with Crippen molar-refractivity contribution in [2.45, 2.75) is 32.1 Å². The molecule has 0 aromatic rings. The number of allylic oxidation sites excluding steroid dienone is 3. The van der Waals surface area contributed by atoms with Gasteiger partial charge in [0, 0.05) is 0 Å². The molecule has 1 unspecified atom stereocenters. The predicted molar refractivity (Wildman–Crippen MR) is 50.5 cm³/mol. The number of hydrogen-bond acceptors (Lipinski definition) is 1. The summed E-state index contributed by atoms with van der Waals surface area (Å²) in [7, 11) is 0. The van der Waals surface area contributed by atoms with Gasteiger partial charge >= 0.3 is 0 Å². The predicted octanol–water partition coefficient (Wildman–Crippen LogP) is 3.20. The summed E-state index contributed by atoms with van der Waals surface area (Å²) in [6, 6.07) is 2.34. The van der Waals surface area contributed by atoms with Crippen molar-refractivity contribution in [2.24, 2.45) is 5.92 Å². The highest BCUT2D eigenvalue weighted by atomic mass is 14.3. The van der Waals surface area contributed by atoms with Crippen LogP contribution in [-0.4, -0.2) is 0 Å². The Morgan fingerprint density at radius 1 is 1.75 bits per heavy atom. The standard InChI is InChI=1S/C11H15N/c1-2-3-5-10-6-4-7-11(8-10)9-12/h2,6,11H,1,3-5,7-8H2. The number of rotatable bonds is 3. The third-order valence-electron chi connectivity index (χ3n) is 2.31. The second-order valence-electron chi connectivity index (χ2n) is 3.30. The molecule has 0 spiro atoms. The zero-order chi connectivity index (χ0) is 8.81. The van der Waals surface area contributed by atoms with E-state index in [4.69, 9.17) is 5.26 Å². The Hall–Kier alpha value is -1.03. The maximum absolute atomic E-state index is 8.74. The SMILES string of the molecule is C=CCCC1=CCCC(C#N)C1. The van der Waals surface area contributed by atoms with Crippen LogP contribution in [0.4, 0.5) is 0 Å². The summed E-state index contributed by atoms with van der Waals surface area (Å²) in [5.41, 5.74) is 1.45. The first-order valence-corrected chi connectivity index (χ1v) is 4.55. The van der Waals surface area contributed by atoms with E-state index in [0.29, 0.717) is 0 Å². The number of nitriles is 1. The molecule has 0 fully saturated rings. The molecule has 0 radical (unpaired) electrons. The van der Waals surface area contributed by atoms with E-state index in [2.05, 4.69) is 18.7 Å². The van der Waals surface area contributed by atoms with E-state index in [9.17, 15) is 0 Å². The quantitative estimate of drug-likeness (QED) is 0.583. The lowest BCUT2D eigenvalue weighted by atomic mass is 9.88. The zero-order valence-corrected chi connectivity index (χ0v) is 7.42. The normalized spacial score (nSPS) is 22.6. The zero-order valence-electron chi connectivity index (χ0n) is 7.42. The van der Waals surface area contributed by atoms with Crippen LogP contribution in [-0.2, 0) is 0 Å². The summed E-state index contributed by atoms with van der Waals surface area (Å²) in [6.07, 6.45) is 9.50. The fraction of sp³-hybridized carbons (Fsp3) is 0.545. The molecule has 12 heavy (non-hydrogen) atoms. The minimum Gasteiger partial charge on any atom is -0.198 e. The first-order valence-electron chi connectivity index (χ1n) is 4.55. The molecule has 1 nitrogen and oxygen atoms in total. The van der Waals surface area contributed by atoms with Crippen LogP contribution in [0.3, 0.4) is 0 Å². The van der Waals surface area contributed by atoms with Gasteiger partial charge in [0.15, 0.2) is 0 Å². The molecule has 0 aromatic heterocycles. The molecule has 0 N–H and O–H groups in total. The molecule has 0 aromatic carbocycles. The summed E-state index contributed by atoms with van der Waals surface area (Å²) in [5.74, 6) is 0.273. The molecule has 64 valence electrons. The lowest BCUT2D eigenvalue weighted by Crippen LogP contribution is -2.03. The highest BCUT2D eigenvalue weighted by molar-refractivity contribution is 5.10. The average molecular weight is 161 g/mol. The summed E-state index contributed by atoms with van der Waals surface area (Å²) in [5, 5.41) is 8.74. The van der Waals surface area contributed by atoms with Gasteiger partial charge in [0.2, 0.25) is 0 Å². The van der Waals surface area contributed by atoms with Gasteiger partial charge in [0.1, 0.15) is 0 Å². The molecule has 1 heteroatoms. The van der Waals surface area contributed by atoms with E-state index in [1.807, 2.05) is 6.08 Å². The van der Waals surface area contributed by atoms with Gasteiger partial charge in [-0.25, -0.2) is 0 Å². The third-order valence-corrected chi connectivity index (χ3v) is 2.31. The van der Waals surface area contributed by atoms with Crippen molar-refractivity contribution in [2.75, 3.05) is 0 Å². The monoisotopic (exact) mass is 161 g/mol. The van der Waals surface area contributed by atoms with Crippen molar-refractivity contribution < 1.29 is 0 Å². The van der Waals surface area contributed by atoms with Crippen molar-refractivity contribution in [3.63, 3.8) is 0 Å². The summed E-state index contributed by atoms with van der Waals surface area (Å²) in [4.78, 5) is 0. The van der Waals surface area contributed by atoms with E-state index < -0.39 is 0 Å². The van der Waals surface area contributed by atoms with E-state index in [1.165, 1.54) is 5.57 Å². The number of hydrogen-bond donors (Lipinski definition) is 0. The smallest absolute Gasteiger partial charge is 0.0659 e. The molecule has 1 aliphatic carbocycles. The molecule has 1 rings (SSSR count). The van der Waals surface area contributed by atoms with Gasteiger partial charge in [-0.3, -0.25) is 0 Å². The van der Waals surface area contributed by atoms with Gasteiger partial charge in [-0.15, -0.1) is 6.58 Å². The molecule has 0 saturated carbocycles. The summed E-state index contributed by atoms with van der Waals surface area (Å²) >= 11 is 0. The second kappa shape index (κ2) is 4.77. The molecular weight excluding hydrogens is 146 g/mol. The third kappa shape index (κ3) is 2.54. The summed E-state index contributed by atoms with van der Waals surface area (Å²) < 4.78 is 0. The highest BCUT2D eigenvalue weighted by Crippen LogP contribution is 2.26. The first kappa shape index (κ1) is 9.06. The van der Waals surface area contributed by atoms with E-state index >= 15 is 0 Å². The molecule has 0 saturated heterocycles. The van der Waals surface area contributed by atoms with Crippen molar-refractivity contribution in [3.8, 4) is 6.07 Å². The van der Waals surface area contributed by atoms with Crippen molar-refractivity contribution in [3.05, 3.63) is 24.3 Å². The molecule has 0 aliphatic heterocycles. The van der Waals surface area contributed by atoms with E-state index in [0.717, 1.165) is 32.1 Å². The molecule has 1 aliphatic rings. The van der Waals surface area contributed by atoms with E-state index in [-0.39, 0.29) is 5.92 Å². The summed E-state index contributed by atoms with van der Waals surface area (Å²) in [6.45, 7) is 3.69. The van der Waals surface area contributed by atoms with Gasteiger partial charge in [-0.1, -0.05) is 17.7 Å². The van der Waals surface area contributed by atoms with Crippen molar-refractivity contribution in [1.29, 1.82) is 5.26 Å². The second-order valence-corrected chi connectivity index (χ2v) is 3.30. The van der Waals surface area contributed by atoms with Gasteiger partial charge in [-0.2, -0.15) is 5.26 Å². The van der Waals surface area contributed by atoms with Gasteiger partial charge in [-0.05, 0) is 32.1 Å². The first-order chi connectivity index (χ1) is 5.86. The maximum atomic E-state index is 8.74. The lowest BCUT2D eigenvalue weighted by Gasteiger charge is -2.16. The Bertz CT molecular complexity index is 220. The average Bonchev–Trinajstić information content (AvgIpc) is 2.15. The molecule has 1 atom stereocenters. The number of nitrogens with zero attached hydrogens (tertiary/aromatic N) is 1. The Balaban J connectivity index is 2.39. The van der Waals surface area contributed by atoms with Crippen LogP contribution in [0.25, 0.3) is 0 Å². The van der Waals surface area contributed by atoms with Crippen molar-refractivity contribution >= 4 is 0 Å². The Kier molecular flexibility index (Phi) is 3.60. The largest absolute Gasteiger partial charge is 0.198 e. The van der Waals surface area contributed by atoms with Crippen molar-refractivity contribution in [1.82, 2.24) is 0 Å².